The van der Waals surface area contributed by atoms with Crippen molar-refractivity contribution in [3.63, 3.8) is 0 Å². The smallest absolute Gasteiger partial charge is 0.261 e. The first-order valence-corrected chi connectivity index (χ1v) is 10.6. The van der Waals surface area contributed by atoms with Crippen molar-refractivity contribution in [3.05, 3.63) is 35.5 Å². The maximum atomic E-state index is 10.9. The van der Waals surface area contributed by atoms with E-state index in [1.165, 1.54) is 0 Å². The Kier molecular flexibility index (Phi) is 4.33. The van der Waals surface area contributed by atoms with Crippen LogP contribution in [0.5, 0.6) is 5.75 Å². The van der Waals surface area contributed by atoms with Gasteiger partial charge in [0.25, 0.3) is 5.79 Å². The molecule has 2 saturated heterocycles. The van der Waals surface area contributed by atoms with Gasteiger partial charge in [-0.25, -0.2) is 4.89 Å². The molecule has 2 unspecified atom stereocenters. The average molecular weight is 415 g/mol. The Labute approximate surface area is 179 Å². The molecule has 0 saturated carbocycles. The Morgan fingerprint density at radius 3 is 2.17 bits per heavy atom. The fourth-order valence-corrected chi connectivity index (χ4v) is 5.49. The van der Waals surface area contributed by atoms with E-state index in [2.05, 4.69) is 60.5 Å². The number of benzene rings is 1. The first-order valence-electron chi connectivity index (χ1n) is 10.6. The topological polar surface area (TPSA) is 65.7 Å². The van der Waals surface area contributed by atoms with Crippen LogP contribution in [0.3, 0.4) is 0 Å². The molecule has 0 aliphatic carbocycles. The molecule has 6 nitrogen and oxygen atoms in total. The molecule has 2 aromatic rings. The summed E-state index contributed by atoms with van der Waals surface area (Å²) in [4.78, 5) is 11.6. The summed E-state index contributed by atoms with van der Waals surface area (Å²) in [6.45, 7) is 17.6. The summed E-state index contributed by atoms with van der Waals surface area (Å²) in [5, 5.41) is 15.6. The lowest BCUT2D eigenvalue weighted by Crippen LogP contribution is -2.72. The van der Waals surface area contributed by atoms with Gasteiger partial charge in [-0.1, -0.05) is 61.5 Å². The highest BCUT2D eigenvalue weighted by Crippen LogP contribution is 2.69. The van der Waals surface area contributed by atoms with Gasteiger partial charge in [-0.2, -0.15) is 9.99 Å². The molecule has 0 spiro atoms. The van der Waals surface area contributed by atoms with E-state index < -0.39 is 11.4 Å². The van der Waals surface area contributed by atoms with Gasteiger partial charge in [0.05, 0.1) is 12.3 Å². The Morgan fingerprint density at radius 1 is 1.03 bits per heavy atom. The van der Waals surface area contributed by atoms with E-state index in [0.717, 1.165) is 17.0 Å². The molecule has 0 bridgehead atoms. The maximum absolute atomic E-state index is 10.9. The van der Waals surface area contributed by atoms with Crippen LogP contribution in [-0.4, -0.2) is 27.1 Å². The highest BCUT2D eigenvalue weighted by atomic mass is 17.3. The van der Waals surface area contributed by atoms with Crippen molar-refractivity contribution in [1.29, 1.82) is 0 Å². The van der Waals surface area contributed by atoms with E-state index in [0.29, 0.717) is 12.2 Å². The number of rotatable bonds is 2. The number of ether oxygens (including phenoxy) is 1. The summed E-state index contributed by atoms with van der Waals surface area (Å²) in [6.07, 6.45) is 0. The molecule has 30 heavy (non-hydrogen) atoms. The number of aromatic hydroxyl groups is 1. The minimum Gasteiger partial charge on any atom is -0.507 e. The van der Waals surface area contributed by atoms with Crippen LogP contribution in [0.15, 0.2) is 24.3 Å². The van der Waals surface area contributed by atoms with E-state index >= 15 is 0 Å². The van der Waals surface area contributed by atoms with Gasteiger partial charge in [0.2, 0.25) is 0 Å². The molecule has 2 atom stereocenters. The van der Waals surface area contributed by atoms with Gasteiger partial charge >= 0.3 is 0 Å². The first kappa shape index (κ1) is 21.3. The van der Waals surface area contributed by atoms with Crippen molar-refractivity contribution in [2.45, 2.75) is 72.2 Å². The number of phenolic OH excluding ortho intramolecular Hbond substituents is 1. The summed E-state index contributed by atoms with van der Waals surface area (Å²) in [5.74, 6) is -0.905. The van der Waals surface area contributed by atoms with Gasteiger partial charge in [-0.15, -0.1) is 0 Å². The Balaban J connectivity index is 1.78. The summed E-state index contributed by atoms with van der Waals surface area (Å²) in [5.41, 5.74) is 2.05. The second-order valence-electron chi connectivity index (χ2n) is 11.4. The maximum Gasteiger partial charge on any atom is 0.261 e. The van der Waals surface area contributed by atoms with Crippen molar-refractivity contribution in [3.8, 4) is 17.0 Å². The number of hydrogen-bond acceptors (Lipinski definition) is 5. The minimum absolute atomic E-state index is 0.0405. The molecule has 1 aromatic heterocycles. The summed E-state index contributed by atoms with van der Waals surface area (Å²) < 4.78 is 8.13. The standard InChI is InChI=1S/C24H34N2O4/c1-20(2,3)19-13-17(25-26(19)9)16-11-10-15(12-18(16)27)23-24(30-29-23,21(4,5)6)22(7,8)14-28-23/h10-13,27H,14H2,1-9H3. The van der Waals surface area contributed by atoms with E-state index in [4.69, 9.17) is 14.5 Å². The zero-order chi connectivity index (χ0) is 22.3. The van der Waals surface area contributed by atoms with Crippen LogP contribution in [-0.2, 0) is 32.8 Å². The first-order chi connectivity index (χ1) is 13.7. The zero-order valence-electron chi connectivity index (χ0n) is 19.6. The van der Waals surface area contributed by atoms with Crippen LogP contribution in [0.25, 0.3) is 11.3 Å². The minimum atomic E-state index is -1.05. The van der Waals surface area contributed by atoms with Gasteiger partial charge < -0.3 is 9.84 Å². The molecular weight excluding hydrogens is 380 g/mol. The normalized spacial score (nSPS) is 28.3. The summed E-state index contributed by atoms with van der Waals surface area (Å²) in [7, 11) is 1.93. The Morgan fingerprint density at radius 2 is 1.70 bits per heavy atom. The van der Waals surface area contributed by atoms with Crippen molar-refractivity contribution in [1.82, 2.24) is 9.78 Å². The summed E-state index contributed by atoms with van der Waals surface area (Å²) >= 11 is 0. The van der Waals surface area contributed by atoms with Crippen molar-refractivity contribution in [2.75, 3.05) is 6.61 Å². The van der Waals surface area contributed by atoms with Crippen LogP contribution < -0.4 is 0 Å². The van der Waals surface area contributed by atoms with Crippen molar-refractivity contribution >= 4 is 0 Å². The predicted molar refractivity (Wildman–Crippen MR) is 115 cm³/mol. The van der Waals surface area contributed by atoms with E-state index in [1.54, 1.807) is 6.07 Å². The fraction of sp³-hybridized carbons (Fsp3) is 0.625. The molecule has 0 radical (unpaired) electrons. The molecule has 2 aliphatic heterocycles. The van der Waals surface area contributed by atoms with Crippen LogP contribution >= 0.6 is 0 Å². The van der Waals surface area contributed by atoms with E-state index in [-0.39, 0.29) is 22.0 Å². The largest absolute Gasteiger partial charge is 0.507 e. The van der Waals surface area contributed by atoms with Crippen LogP contribution in [0.1, 0.15) is 66.6 Å². The predicted octanol–water partition coefficient (Wildman–Crippen LogP) is 5.05. The highest BCUT2D eigenvalue weighted by Gasteiger charge is 2.81. The Bertz CT molecular complexity index is 996. The third-order valence-corrected chi connectivity index (χ3v) is 6.69. The Hall–Kier alpha value is -1.89. The second kappa shape index (κ2) is 6.09. The molecular formula is C24H34N2O4. The molecule has 4 rings (SSSR count). The lowest BCUT2D eigenvalue weighted by molar-refractivity contribution is -0.626. The van der Waals surface area contributed by atoms with Crippen molar-refractivity contribution < 1.29 is 19.6 Å². The number of aromatic nitrogens is 2. The molecule has 1 N–H and O–H groups in total. The third-order valence-electron chi connectivity index (χ3n) is 6.69. The van der Waals surface area contributed by atoms with Gasteiger partial charge in [0.1, 0.15) is 5.75 Å². The molecule has 1 aromatic carbocycles. The van der Waals surface area contributed by atoms with Gasteiger partial charge in [0, 0.05) is 40.1 Å². The van der Waals surface area contributed by atoms with Crippen LogP contribution in [0, 0.1) is 10.8 Å². The number of phenols is 1. The van der Waals surface area contributed by atoms with E-state index in [9.17, 15) is 5.11 Å². The molecule has 6 heteroatoms. The van der Waals surface area contributed by atoms with Crippen molar-refractivity contribution in [2.24, 2.45) is 17.9 Å². The highest BCUT2D eigenvalue weighted by molar-refractivity contribution is 5.68. The molecule has 2 fully saturated rings. The average Bonchev–Trinajstić information content (AvgIpc) is 3.01. The lowest BCUT2D eigenvalue weighted by Gasteiger charge is -2.61. The SMILES string of the molecule is Cn1nc(-c2ccc(C34OCC(C)(C)C3(C(C)(C)C)OO4)cc2O)cc1C(C)(C)C. The molecule has 0 amide bonds. The lowest BCUT2D eigenvalue weighted by atomic mass is 9.57. The molecule has 164 valence electrons. The number of nitrogens with zero attached hydrogens (tertiary/aromatic N) is 2. The monoisotopic (exact) mass is 414 g/mol. The van der Waals surface area contributed by atoms with Gasteiger partial charge in [0.15, 0.2) is 5.60 Å². The van der Waals surface area contributed by atoms with Crippen LogP contribution in [0.4, 0.5) is 0 Å². The van der Waals surface area contributed by atoms with Gasteiger partial charge in [-0.05, 0) is 18.2 Å². The quantitative estimate of drug-likeness (QED) is 0.697. The molecule has 3 heterocycles. The third kappa shape index (κ3) is 2.57. The van der Waals surface area contributed by atoms with E-state index in [1.807, 2.05) is 29.9 Å². The number of hydrogen-bond donors (Lipinski definition) is 1. The summed E-state index contributed by atoms with van der Waals surface area (Å²) in [6, 6.07) is 7.60. The fourth-order valence-electron chi connectivity index (χ4n) is 5.49. The zero-order valence-corrected chi connectivity index (χ0v) is 19.6. The molecule has 2 aliphatic rings. The van der Waals surface area contributed by atoms with Crippen LogP contribution in [0.2, 0.25) is 0 Å². The van der Waals surface area contributed by atoms with Gasteiger partial charge in [-0.3, -0.25) is 4.68 Å². The second-order valence-corrected chi connectivity index (χ2v) is 11.4. The number of fused-ring (bicyclic) bond motifs is 1. The number of aryl methyl sites for hydroxylation is 1.